The van der Waals surface area contributed by atoms with Crippen molar-refractivity contribution in [2.75, 3.05) is 11.9 Å². The molecule has 10 heteroatoms. The number of pyridine rings is 1. The Morgan fingerprint density at radius 1 is 1.29 bits per heavy atom. The highest BCUT2D eigenvalue weighted by Crippen LogP contribution is 2.35. The highest BCUT2D eigenvalue weighted by Gasteiger charge is 2.57. The summed E-state index contributed by atoms with van der Waals surface area (Å²) in [7, 11) is 0. The van der Waals surface area contributed by atoms with Gasteiger partial charge in [0.25, 0.3) is 5.91 Å². The molecule has 1 aromatic heterocycles. The van der Waals surface area contributed by atoms with Gasteiger partial charge >= 0.3 is 12.1 Å². The van der Waals surface area contributed by atoms with Crippen LogP contribution in [0.25, 0.3) is 0 Å². The summed E-state index contributed by atoms with van der Waals surface area (Å²) in [5.41, 5.74) is -1.72. The molecule has 0 aliphatic heterocycles. The Labute approximate surface area is 133 Å². The zero-order chi connectivity index (χ0) is 18.8. The summed E-state index contributed by atoms with van der Waals surface area (Å²) in [6.45, 7) is 0.999. The van der Waals surface area contributed by atoms with Crippen molar-refractivity contribution in [2.45, 2.75) is 31.5 Å². The molecule has 0 aliphatic rings. The molecule has 0 unspecified atom stereocenters. The third kappa shape index (κ3) is 4.78. The van der Waals surface area contributed by atoms with Crippen LogP contribution in [0.4, 0.5) is 32.2 Å². The molecule has 0 saturated carbocycles. The van der Waals surface area contributed by atoms with E-state index in [2.05, 4.69) is 16.2 Å². The van der Waals surface area contributed by atoms with Crippen molar-refractivity contribution in [3.63, 3.8) is 0 Å². The van der Waals surface area contributed by atoms with Gasteiger partial charge in [-0.05, 0) is 19.9 Å². The fraction of sp³-hybridized carbons (Fsp3) is 0.429. The van der Waals surface area contributed by atoms with Gasteiger partial charge in [0.1, 0.15) is 11.6 Å². The molecule has 0 atom stereocenters. The standard InChI is InChI=1S/C14H13F6N3O/c1-4-12(2,3)23-11(24)9-5-8(15)6-21-10(9)22-7-13(16,17)14(18,19)20/h1,5-6H,7H2,2-3H3,(H,21,22)(H,23,24). The molecule has 0 spiro atoms. The number of aromatic nitrogens is 1. The number of nitrogens with one attached hydrogen (secondary N) is 2. The topological polar surface area (TPSA) is 54.0 Å². The van der Waals surface area contributed by atoms with Crippen LogP contribution in [0.5, 0.6) is 0 Å². The molecule has 1 rings (SSSR count). The minimum atomic E-state index is -5.78. The van der Waals surface area contributed by atoms with Gasteiger partial charge in [-0.3, -0.25) is 4.79 Å². The lowest BCUT2D eigenvalue weighted by atomic mass is 10.1. The number of rotatable bonds is 5. The lowest BCUT2D eigenvalue weighted by molar-refractivity contribution is -0.275. The highest BCUT2D eigenvalue weighted by atomic mass is 19.4. The van der Waals surface area contributed by atoms with E-state index in [1.165, 1.54) is 13.8 Å². The summed E-state index contributed by atoms with van der Waals surface area (Å²) in [5, 5.41) is 4.00. The van der Waals surface area contributed by atoms with Crippen LogP contribution in [0.3, 0.4) is 0 Å². The molecule has 132 valence electrons. The van der Waals surface area contributed by atoms with E-state index in [1.54, 1.807) is 5.32 Å². The Bertz CT molecular complexity index is 663. The SMILES string of the molecule is C#CC(C)(C)NC(=O)c1cc(F)cnc1NCC(F)(F)C(F)(F)F. The third-order valence-corrected chi connectivity index (χ3v) is 2.78. The summed E-state index contributed by atoms with van der Waals surface area (Å²) in [5.74, 6) is -5.44. The second-order valence-corrected chi connectivity index (χ2v) is 5.33. The molecule has 0 saturated heterocycles. The third-order valence-electron chi connectivity index (χ3n) is 2.78. The first-order valence-corrected chi connectivity index (χ1v) is 6.43. The molecule has 0 aromatic carbocycles. The zero-order valence-corrected chi connectivity index (χ0v) is 12.6. The number of hydrogen-bond donors (Lipinski definition) is 2. The Kier molecular flexibility index (Phi) is 5.38. The van der Waals surface area contributed by atoms with E-state index in [1.807, 2.05) is 0 Å². The first-order chi connectivity index (χ1) is 10.8. The first-order valence-electron chi connectivity index (χ1n) is 6.43. The second-order valence-electron chi connectivity index (χ2n) is 5.33. The number of terminal acetylenes is 1. The minimum Gasteiger partial charge on any atom is -0.363 e. The van der Waals surface area contributed by atoms with E-state index in [-0.39, 0.29) is 0 Å². The Morgan fingerprint density at radius 3 is 2.38 bits per heavy atom. The number of nitrogens with zero attached hydrogens (tertiary/aromatic N) is 1. The fourth-order valence-electron chi connectivity index (χ4n) is 1.44. The van der Waals surface area contributed by atoms with Crippen molar-refractivity contribution in [3.8, 4) is 12.3 Å². The zero-order valence-electron chi connectivity index (χ0n) is 12.6. The van der Waals surface area contributed by atoms with Gasteiger partial charge < -0.3 is 10.6 Å². The van der Waals surface area contributed by atoms with Crippen molar-refractivity contribution in [2.24, 2.45) is 0 Å². The van der Waals surface area contributed by atoms with Gasteiger partial charge in [0.05, 0.1) is 23.8 Å². The molecule has 1 heterocycles. The minimum absolute atomic E-state index is 0.559. The van der Waals surface area contributed by atoms with E-state index < -0.39 is 47.3 Å². The molecule has 0 fully saturated rings. The molecule has 24 heavy (non-hydrogen) atoms. The molecule has 0 radical (unpaired) electrons. The average molecular weight is 353 g/mol. The number of hydrogen-bond acceptors (Lipinski definition) is 3. The normalized spacial score (nSPS) is 12.5. The smallest absolute Gasteiger partial charge is 0.363 e. The van der Waals surface area contributed by atoms with Crippen molar-refractivity contribution in [3.05, 3.63) is 23.6 Å². The van der Waals surface area contributed by atoms with E-state index in [9.17, 15) is 31.1 Å². The van der Waals surface area contributed by atoms with Crippen LogP contribution in [-0.2, 0) is 0 Å². The summed E-state index contributed by atoms with van der Waals surface area (Å²) >= 11 is 0. The van der Waals surface area contributed by atoms with Crippen LogP contribution >= 0.6 is 0 Å². The summed E-state index contributed by atoms with van der Waals surface area (Å²) in [6, 6.07) is 0.642. The molecule has 0 bridgehead atoms. The maximum atomic E-state index is 13.2. The Morgan fingerprint density at radius 2 is 1.88 bits per heavy atom. The van der Waals surface area contributed by atoms with Crippen LogP contribution < -0.4 is 10.6 Å². The van der Waals surface area contributed by atoms with Crippen molar-refractivity contribution in [1.29, 1.82) is 0 Å². The van der Waals surface area contributed by atoms with Crippen molar-refractivity contribution in [1.82, 2.24) is 10.3 Å². The average Bonchev–Trinajstić information content (AvgIpc) is 2.44. The number of anilines is 1. The Balaban J connectivity index is 3.06. The van der Waals surface area contributed by atoms with Gasteiger partial charge in [-0.2, -0.15) is 22.0 Å². The maximum absolute atomic E-state index is 13.2. The number of amides is 1. The van der Waals surface area contributed by atoms with Crippen LogP contribution in [0.15, 0.2) is 12.3 Å². The van der Waals surface area contributed by atoms with E-state index >= 15 is 0 Å². The van der Waals surface area contributed by atoms with Gasteiger partial charge in [-0.25, -0.2) is 9.37 Å². The largest absolute Gasteiger partial charge is 0.455 e. The highest BCUT2D eigenvalue weighted by molar-refractivity contribution is 5.99. The fourth-order valence-corrected chi connectivity index (χ4v) is 1.44. The van der Waals surface area contributed by atoms with Crippen LogP contribution in [0, 0.1) is 18.2 Å². The lowest BCUT2D eigenvalue weighted by Gasteiger charge is -2.22. The lowest BCUT2D eigenvalue weighted by Crippen LogP contribution is -2.44. The molecule has 1 amide bonds. The van der Waals surface area contributed by atoms with Crippen molar-refractivity contribution < 1.29 is 31.1 Å². The summed E-state index contributed by atoms with van der Waals surface area (Å²) < 4.78 is 75.6. The number of carbonyl (C=O) groups is 1. The maximum Gasteiger partial charge on any atom is 0.455 e. The molecule has 2 N–H and O–H groups in total. The molecule has 4 nitrogen and oxygen atoms in total. The van der Waals surface area contributed by atoms with E-state index in [4.69, 9.17) is 6.42 Å². The quantitative estimate of drug-likeness (QED) is 0.632. The van der Waals surface area contributed by atoms with Gasteiger partial charge in [0.2, 0.25) is 0 Å². The van der Waals surface area contributed by atoms with Gasteiger partial charge in [0, 0.05) is 0 Å². The van der Waals surface area contributed by atoms with Gasteiger partial charge in [-0.1, -0.05) is 5.92 Å². The summed E-state index contributed by atoms with van der Waals surface area (Å²) in [6.07, 6.45) is -0.0472. The second kappa shape index (κ2) is 6.59. The molecule has 1 aromatic rings. The monoisotopic (exact) mass is 353 g/mol. The predicted octanol–water partition coefficient (Wildman–Crippen LogP) is 2.97. The number of halogens is 6. The summed E-state index contributed by atoms with van der Waals surface area (Å²) in [4.78, 5) is 15.4. The van der Waals surface area contributed by atoms with Gasteiger partial charge in [-0.15, -0.1) is 6.42 Å². The first kappa shape index (κ1) is 19.6. The Hall–Kier alpha value is -2.44. The van der Waals surface area contributed by atoms with Crippen LogP contribution in [0.2, 0.25) is 0 Å². The molecular weight excluding hydrogens is 340 g/mol. The van der Waals surface area contributed by atoms with E-state index in [0.717, 1.165) is 0 Å². The predicted molar refractivity (Wildman–Crippen MR) is 74.1 cm³/mol. The molecular formula is C14H13F6N3O. The van der Waals surface area contributed by atoms with Gasteiger partial charge in [0.15, 0.2) is 0 Å². The number of carbonyl (C=O) groups excluding carboxylic acids is 1. The van der Waals surface area contributed by atoms with Crippen molar-refractivity contribution >= 4 is 11.7 Å². The van der Waals surface area contributed by atoms with Crippen LogP contribution in [0.1, 0.15) is 24.2 Å². The molecule has 0 aliphatic carbocycles. The number of alkyl halides is 5. The van der Waals surface area contributed by atoms with Crippen LogP contribution in [-0.4, -0.2) is 35.1 Å². The van der Waals surface area contributed by atoms with E-state index in [0.29, 0.717) is 12.3 Å².